The van der Waals surface area contributed by atoms with E-state index < -0.39 is 20.2 Å². The van der Waals surface area contributed by atoms with Gasteiger partial charge in [-0.15, -0.1) is 0 Å². The Hall–Kier alpha value is -0.260. The lowest BCUT2D eigenvalue weighted by Crippen LogP contribution is -2.13. The van der Waals surface area contributed by atoms with E-state index in [-0.39, 0.29) is 24.6 Å². The molecule has 0 aromatic carbocycles. The molecule has 0 rings (SSSR count). The van der Waals surface area contributed by atoms with Gasteiger partial charge >= 0.3 is 0 Å². The largest absolute Gasteiger partial charge is 0.329 e. The maximum Gasteiger partial charge on any atom is 0.266 e. The topological polar surface area (TPSA) is 161 Å². The molecule has 0 fully saturated rings. The van der Waals surface area contributed by atoms with E-state index in [1.54, 1.807) is 0 Å². The van der Waals surface area contributed by atoms with Crippen LogP contribution in [0, 0.1) is 0 Å². The Morgan fingerprint density at radius 2 is 1.00 bits per heavy atom. The zero-order valence-corrected chi connectivity index (χ0v) is 8.96. The van der Waals surface area contributed by atoms with E-state index >= 15 is 0 Å². The Morgan fingerprint density at radius 3 is 1.00 bits per heavy atom. The van der Waals surface area contributed by atoms with E-state index in [9.17, 15) is 16.8 Å². The zero-order valence-electron chi connectivity index (χ0n) is 7.33. The third kappa shape index (κ3) is 22.6. The van der Waals surface area contributed by atoms with Crippen molar-refractivity contribution >= 4 is 20.2 Å². The van der Waals surface area contributed by atoms with Gasteiger partial charge in [-0.25, -0.2) is 0 Å². The third-order valence-corrected chi connectivity index (χ3v) is 2.25. The van der Waals surface area contributed by atoms with Crippen molar-refractivity contribution in [2.75, 3.05) is 24.6 Å². The number of hydrogen-bond acceptors (Lipinski definition) is 6. The summed E-state index contributed by atoms with van der Waals surface area (Å²) in [5, 5.41) is 0. The van der Waals surface area contributed by atoms with Crippen LogP contribution in [0.4, 0.5) is 0 Å². The van der Waals surface area contributed by atoms with Gasteiger partial charge in [-0.2, -0.15) is 16.8 Å². The van der Waals surface area contributed by atoms with Crippen LogP contribution in [-0.2, 0) is 20.2 Å². The Labute approximate surface area is 82.8 Å². The van der Waals surface area contributed by atoms with Crippen LogP contribution in [0.5, 0.6) is 0 Å². The van der Waals surface area contributed by atoms with Crippen molar-refractivity contribution in [1.82, 2.24) is 0 Å². The summed E-state index contributed by atoms with van der Waals surface area (Å²) in [6.07, 6.45) is 0. The minimum absolute atomic E-state index is 0.0289. The standard InChI is InChI=1S/2C2H7NO3S/c2*3-1-2-7(4,5)6/h2*1-3H2,(H,4,5,6). The van der Waals surface area contributed by atoms with Crippen LogP contribution in [0.3, 0.4) is 0 Å². The summed E-state index contributed by atoms with van der Waals surface area (Å²) in [6.45, 7) is -0.0579. The van der Waals surface area contributed by atoms with Gasteiger partial charge in [-0.1, -0.05) is 0 Å². The monoisotopic (exact) mass is 250 g/mol. The second kappa shape index (κ2) is 7.09. The average molecular weight is 250 g/mol. The first-order chi connectivity index (χ1) is 6.12. The van der Waals surface area contributed by atoms with Gasteiger partial charge in [0.15, 0.2) is 0 Å². The molecule has 6 N–H and O–H groups in total. The van der Waals surface area contributed by atoms with E-state index in [1.807, 2.05) is 0 Å². The van der Waals surface area contributed by atoms with Crippen LogP contribution in [0.15, 0.2) is 0 Å². The molecule has 0 bridgehead atoms. The van der Waals surface area contributed by atoms with E-state index in [2.05, 4.69) is 0 Å². The first kappa shape index (κ1) is 16.2. The SMILES string of the molecule is NCCS(=O)(=O)O.NCCS(=O)(=O)O. The van der Waals surface area contributed by atoms with Crippen LogP contribution in [0.2, 0.25) is 0 Å². The Morgan fingerprint density at radius 1 is 0.786 bits per heavy atom. The van der Waals surface area contributed by atoms with Crippen molar-refractivity contribution in [1.29, 1.82) is 0 Å². The van der Waals surface area contributed by atoms with Gasteiger partial charge in [0, 0.05) is 13.1 Å². The van der Waals surface area contributed by atoms with Crippen molar-refractivity contribution in [2.24, 2.45) is 11.5 Å². The molecular weight excluding hydrogens is 236 g/mol. The molecule has 0 spiro atoms. The number of hydrogen-bond donors (Lipinski definition) is 4. The summed E-state index contributed by atoms with van der Waals surface area (Å²) in [5.74, 6) is -0.708. The predicted molar refractivity (Wildman–Crippen MR) is 50.9 cm³/mol. The molecule has 0 saturated heterocycles. The normalized spacial score (nSPS) is 11.7. The van der Waals surface area contributed by atoms with E-state index in [0.717, 1.165) is 0 Å². The van der Waals surface area contributed by atoms with Gasteiger partial charge in [0.05, 0.1) is 11.5 Å². The summed E-state index contributed by atoms with van der Waals surface area (Å²) >= 11 is 0. The molecular formula is C4H14N2O6S2. The van der Waals surface area contributed by atoms with Crippen molar-refractivity contribution in [3.8, 4) is 0 Å². The molecule has 0 atom stereocenters. The molecule has 0 amide bonds. The van der Waals surface area contributed by atoms with Gasteiger partial charge in [0.1, 0.15) is 0 Å². The lowest BCUT2D eigenvalue weighted by Gasteiger charge is -1.86. The molecule has 10 heteroatoms. The molecule has 88 valence electrons. The third-order valence-electron chi connectivity index (χ3n) is 0.752. The Bertz CT molecular complexity index is 286. The highest BCUT2D eigenvalue weighted by molar-refractivity contribution is 7.86. The lowest BCUT2D eigenvalue weighted by molar-refractivity contribution is 0.481. The molecule has 0 aromatic heterocycles. The molecule has 8 nitrogen and oxygen atoms in total. The summed E-state index contributed by atoms with van der Waals surface area (Å²) in [6, 6.07) is 0. The fourth-order valence-corrected chi connectivity index (χ4v) is 0.894. The maximum atomic E-state index is 9.71. The number of rotatable bonds is 4. The molecule has 0 aliphatic carbocycles. The van der Waals surface area contributed by atoms with Crippen LogP contribution in [0.25, 0.3) is 0 Å². The zero-order chi connectivity index (χ0) is 11.8. The quantitative estimate of drug-likeness (QED) is 0.404. The van der Waals surface area contributed by atoms with E-state index in [4.69, 9.17) is 20.6 Å². The highest BCUT2D eigenvalue weighted by atomic mass is 32.2. The summed E-state index contributed by atoms with van der Waals surface area (Å²) in [5.41, 5.74) is 9.55. The second-order valence-electron chi connectivity index (χ2n) is 2.15. The summed E-state index contributed by atoms with van der Waals surface area (Å²) in [4.78, 5) is 0. The molecule has 14 heavy (non-hydrogen) atoms. The average Bonchev–Trinajstić information content (AvgIpc) is 1.81. The predicted octanol–water partition coefficient (Wildman–Crippen LogP) is -2.33. The smallest absolute Gasteiger partial charge is 0.266 e. The fraction of sp³-hybridized carbons (Fsp3) is 1.00. The van der Waals surface area contributed by atoms with E-state index in [1.165, 1.54) is 0 Å². The van der Waals surface area contributed by atoms with Crippen LogP contribution in [-0.4, -0.2) is 50.5 Å². The number of nitrogens with two attached hydrogens (primary N) is 2. The van der Waals surface area contributed by atoms with Gasteiger partial charge < -0.3 is 11.5 Å². The van der Waals surface area contributed by atoms with Crippen LogP contribution >= 0.6 is 0 Å². The molecule has 0 aromatic rings. The van der Waals surface area contributed by atoms with Crippen molar-refractivity contribution < 1.29 is 25.9 Å². The van der Waals surface area contributed by atoms with Crippen LogP contribution in [0.1, 0.15) is 0 Å². The highest BCUT2D eigenvalue weighted by Crippen LogP contribution is 1.75. The van der Waals surface area contributed by atoms with Crippen LogP contribution < -0.4 is 11.5 Å². The van der Waals surface area contributed by atoms with E-state index in [0.29, 0.717) is 0 Å². The Kier molecular flexibility index (Phi) is 8.19. The molecule has 0 radical (unpaired) electrons. The molecule has 0 aliphatic rings. The second-order valence-corrected chi connectivity index (χ2v) is 5.29. The fourth-order valence-electron chi connectivity index (χ4n) is 0.298. The van der Waals surface area contributed by atoms with Crippen molar-refractivity contribution in [2.45, 2.75) is 0 Å². The molecule has 0 aliphatic heterocycles. The highest BCUT2D eigenvalue weighted by Gasteiger charge is 1.98. The molecule has 0 unspecified atom stereocenters. The van der Waals surface area contributed by atoms with Crippen molar-refractivity contribution in [3.05, 3.63) is 0 Å². The first-order valence-corrected chi connectivity index (χ1v) is 6.64. The minimum Gasteiger partial charge on any atom is -0.329 e. The molecule has 0 heterocycles. The van der Waals surface area contributed by atoms with Gasteiger partial charge in [0.2, 0.25) is 0 Å². The maximum absolute atomic E-state index is 9.71. The van der Waals surface area contributed by atoms with Crippen molar-refractivity contribution in [3.63, 3.8) is 0 Å². The summed E-state index contributed by atoms with van der Waals surface area (Å²) < 4.78 is 54.6. The van der Waals surface area contributed by atoms with Gasteiger partial charge in [-0.3, -0.25) is 9.11 Å². The Balaban J connectivity index is 0. The lowest BCUT2D eigenvalue weighted by atomic mass is 10.8. The molecule has 0 saturated carbocycles. The minimum atomic E-state index is -3.80. The van der Waals surface area contributed by atoms with Gasteiger partial charge in [0.25, 0.3) is 20.2 Å². The first-order valence-electron chi connectivity index (χ1n) is 3.43. The van der Waals surface area contributed by atoms with Gasteiger partial charge in [-0.05, 0) is 0 Å². The summed E-state index contributed by atoms with van der Waals surface area (Å²) in [7, 11) is -7.60.